The van der Waals surface area contributed by atoms with Crippen molar-refractivity contribution in [2.75, 3.05) is 23.4 Å². The summed E-state index contributed by atoms with van der Waals surface area (Å²) < 4.78 is 0. The first-order valence-electron chi connectivity index (χ1n) is 6.91. The van der Waals surface area contributed by atoms with E-state index in [0.717, 1.165) is 36.0 Å². The molecule has 1 aromatic rings. The number of fused-ring (bicyclic) bond motifs is 1. The number of halogens is 1. The maximum atomic E-state index is 12.0. The lowest BCUT2D eigenvalue weighted by atomic mass is 10.0. The highest BCUT2D eigenvalue weighted by molar-refractivity contribution is 7.99. The number of amides is 1. The topological polar surface area (TPSA) is 54.0 Å². The minimum absolute atomic E-state index is 0. The fourth-order valence-corrected chi connectivity index (χ4v) is 4.57. The third kappa shape index (κ3) is 4.10. The number of carbonyl (C=O) groups excluding carboxylic acids is 1. The minimum atomic E-state index is 0. The molecule has 0 saturated carbocycles. The molecule has 2 aliphatic rings. The van der Waals surface area contributed by atoms with Crippen molar-refractivity contribution in [1.29, 1.82) is 0 Å². The van der Waals surface area contributed by atoms with E-state index in [-0.39, 0.29) is 18.3 Å². The van der Waals surface area contributed by atoms with Crippen molar-refractivity contribution < 1.29 is 4.79 Å². The van der Waals surface area contributed by atoms with Crippen molar-refractivity contribution in [3.8, 4) is 0 Å². The van der Waals surface area contributed by atoms with Crippen LogP contribution < -0.4 is 10.6 Å². The van der Waals surface area contributed by atoms with Crippen molar-refractivity contribution >= 4 is 46.5 Å². The van der Waals surface area contributed by atoms with Gasteiger partial charge in [-0.3, -0.25) is 4.79 Å². The van der Waals surface area contributed by atoms with Crippen molar-refractivity contribution in [2.45, 2.75) is 38.1 Å². The molecule has 3 rings (SSSR count). The summed E-state index contributed by atoms with van der Waals surface area (Å²) in [4.78, 5) is 17.9. The molecular formula is C13H20ClN3OS2. The lowest BCUT2D eigenvalue weighted by Gasteiger charge is -2.22. The summed E-state index contributed by atoms with van der Waals surface area (Å²) in [6.45, 7) is 1.01. The van der Waals surface area contributed by atoms with Crippen LogP contribution in [0.25, 0.3) is 0 Å². The average molecular weight is 334 g/mol. The van der Waals surface area contributed by atoms with E-state index in [1.165, 1.54) is 23.4 Å². The predicted octanol–water partition coefficient (Wildman–Crippen LogP) is 2.48. The van der Waals surface area contributed by atoms with Crippen LogP contribution in [0.5, 0.6) is 0 Å². The zero-order chi connectivity index (χ0) is 13.1. The Hall–Kier alpha value is -0.300. The van der Waals surface area contributed by atoms with Crippen LogP contribution in [0.1, 0.15) is 29.8 Å². The Morgan fingerprint density at radius 3 is 3.00 bits per heavy atom. The number of rotatable bonds is 3. The van der Waals surface area contributed by atoms with E-state index in [1.54, 1.807) is 11.3 Å². The smallest absolute Gasteiger partial charge is 0.227 e. The molecule has 0 bridgehead atoms. The summed E-state index contributed by atoms with van der Waals surface area (Å²) in [7, 11) is 0. The van der Waals surface area contributed by atoms with Crippen LogP contribution in [0, 0.1) is 0 Å². The molecule has 2 N–H and O–H groups in total. The van der Waals surface area contributed by atoms with E-state index >= 15 is 0 Å². The third-order valence-electron chi connectivity index (χ3n) is 3.52. The van der Waals surface area contributed by atoms with Gasteiger partial charge in [-0.25, -0.2) is 4.98 Å². The monoisotopic (exact) mass is 333 g/mol. The summed E-state index contributed by atoms with van der Waals surface area (Å²) in [6, 6.07) is 0.313. The number of aryl methyl sites for hydroxylation is 2. The Morgan fingerprint density at radius 1 is 1.40 bits per heavy atom. The van der Waals surface area contributed by atoms with E-state index in [0.29, 0.717) is 12.5 Å². The van der Waals surface area contributed by atoms with E-state index < -0.39 is 0 Å². The molecule has 112 valence electrons. The first-order valence-corrected chi connectivity index (χ1v) is 8.88. The molecule has 1 aromatic heterocycles. The number of carbonyl (C=O) groups is 1. The van der Waals surface area contributed by atoms with Gasteiger partial charge in [0.05, 0.1) is 5.69 Å². The first-order chi connectivity index (χ1) is 9.31. The molecule has 20 heavy (non-hydrogen) atoms. The van der Waals surface area contributed by atoms with Gasteiger partial charge in [0, 0.05) is 35.4 Å². The molecule has 4 nitrogen and oxygen atoms in total. The lowest BCUT2D eigenvalue weighted by molar-refractivity contribution is -0.116. The van der Waals surface area contributed by atoms with E-state index in [1.807, 2.05) is 11.8 Å². The zero-order valence-electron chi connectivity index (χ0n) is 11.3. The molecule has 1 amide bonds. The maximum Gasteiger partial charge on any atom is 0.227 e. The van der Waals surface area contributed by atoms with Gasteiger partial charge in [-0.05, 0) is 25.7 Å². The van der Waals surface area contributed by atoms with Crippen molar-refractivity contribution in [3.63, 3.8) is 0 Å². The van der Waals surface area contributed by atoms with Gasteiger partial charge >= 0.3 is 0 Å². The number of nitrogens with one attached hydrogen (secondary N) is 2. The quantitative estimate of drug-likeness (QED) is 0.892. The summed E-state index contributed by atoms with van der Waals surface area (Å²) in [5, 5.41) is 7.14. The van der Waals surface area contributed by atoms with Gasteiger partial charge in [0.2, 0.25) is 5.91 Å². The van der Waals surface area contributed by atoms with Crippen LogP contribution in [-0.2, 0) is 17.6 Å². The molecule has 1 aliphatic carbocycles. The lowest BCUT2D eigenvalue weighted by Crippen LogP contribution is -2.39. The van der Waals surface area contributed by atoms with E-state index in [2.05, 4.69) is 15.6 Å². The van der Waals surface area contributed by atoms with Gasteiger partial charge in [0.1, 0.15) is 0 Å². The fraction of sp³-hybridized carbons (Fsp3) is 0.692. The van der Waals surface area contributed by atoms with Crippen LogP contribution in [0.15, 0.2) is 0 Å². The molecule has 0 aromatic carbocycles. The zero-order valence-corrected chi connectivity index (χ0v) is 13.8. The molecular weight excluding hydrogens is 314 g/mol. The van der Waals surface area contributed by atoms with Gasteiger partial charge in [0.25, 0.3) is 0 Å². The number of nitrogens with zero attached hydrogens (tertiary/aromatic N) is 1. The Bertz CT molecular complexity index is 437. The highest BCUT2D eigenvalue weighted by atomic mass is 35.5. The molecule has 0 spiro atoms. The van der Waals surface area contributed by atoms with Crippen LogP contribution in [0.2, 0.25) is 0 Å². The molecule has 1 unspecified atom stereocenters. The number of thiazole rings is 1. The van der Waals surface area contributed by atoms with Crippen molar-refractivity contribution in [3.05, 3.63) is 10.6 Å². The van der Waals surface area contributed by atoms with E-state index in [9.17, 15) is 4.79 Å². The second-order valence-corrected chi connectivity index (χ2v) is 7.31. The highest BCUT2D eigenvalue weighted by Crippen LogP contribution is 2.29. The molecule has 1 saturated heterocycles. The van der Waals surface area contributed by atoms with Crippen molar-refractivity contribution in [2.24, 2.45) is 0 Å². The normalized spacial score (nSPS) is 21.7. The standard InChI is InChI=1S/C13H19N3OS2.ClH/c17-12(7-9-8-18-6-5-14-9)16-13-15-10-3-1-2-4-11(10)19-13;/h9,14H,1-8H2,(H,15,16,17);1H. The van der Waals surface area contributed by atoms with Gasteiger partial charge in [-0.2, -0.15) is 11.8 Å². The molecule has 7 heteroatoms. The molecule has 2 heterocycles. The Morgan fingerprint density at radius 2 is 2.25 bits per heavy atom. The Balaban J connectivity index is 0.00000147. The first kappa shape index (κ1) is 16.1. The summed E-state index contributed by atoms with van der Waals surface area (Å²) in [6.07, 6.45) is 5.24. The SMILES string of the molecule is Cl.O=C(CC1CSCCN1)Nc1nc2c(s1)CCCC2. The Kier molecular flexibility index (Phi) is 6.14. The molecule has 1 aliphatic heterocycles. The van der Waals surface area contributed by atoms with Crippen LogP contribution >= 0.6 is 35.5 Å². The largest absolute Gasteiger partial charge is 0.312 e. The minimum Gasteiger partial charge on any atom is -0.312 e. The second-order valence-electron chi connectivity index (χ2n) is 5.07. The van der Waals surface area contributed by atoms with Crippen LogP contribution in [-0.4, -0.2) is 35.0 Å². The predicted molar refractivity (Wildman–Crippen MR) is 88.4 cm³/mol. The average Bonchev–Trinajstić information content (AvgIpc) is 2.81. The number of hydrogen-bond donors (Lipinski definition) is 2. The fourth-order valence-electron chi connectivity index (χ4n) is 2.55. The number of thioether (sulfide) groups is 1. The summed E-state index contributed by atoms with van der Waals surface area (Å²) in [5.41, 5.74) is 1.21. The highest BCUT2D eigenvalue weighted by Gasteiger charge is 2.19. The van der Waals surface area contributed by atoms with E-state index in [4.69, 9.17) is 0 Å². The number of hydrogen-bond acceptors (Lipinski definition) is 5. The van der Waals surface area contributed by atoms with Gasteiger partial charge in [0.15, 0.2) is 5.13 Å². The maximum absolute atomic E-state index is 12.0. The number of anilines is 1. The molecule has 0 radical (unpaired) electrons. The third-order valence-corrected chi connectivity index (χ3v) is 5.73. The van der Waals surface area contributed by atoms with Gasteiger partial charge in [-0.15, -0.1) is 23.7 Å². The summed E-state index contributed by atoms with van der Waals surface area (Å²) in [5.74, 6) is 2.27. The second kappa shape index (κ2) is 7.64. The number of aromatic nitrogens is 1. The molecule has 1 atom stereocenters. The van der Waals surface area contributed by atoms with Gasteiger partial charge < -0.3 is 10.6 Å². The van der Waals surface area contributed by atoms with Gasteiger partial charge in [-0.1, -0.05) is 0 Å². The van der Waals surface area contributed by atoms with Crippen molar-refractivity contribution in [1.82, 2.24) is 10.3 Å². The molecule has 1 fully saturated rings. The Labute approximate surface area is 133 Å². The van der Waals surface area contributed by atoms with Crippen LogP contribution in [0.4, 0.5) is 5.13 Å². The van der Waals surface area contributed by atoms with Crippen LogP contribution in [0.3, 0.4) is 0 Å². The summed E-state index contributed by atoms with van der Waals surface area (Å²) >= 11 is 3.57.